The van der Waals surface area contributed by atoms with E-state index in [0.717, 1.165) is 35.7 Å². The van der Waals surface area contributed by atoms with Crippen molar-refractivity contribution in [1.82, 2.24) is 14.9 Å². The number of benzene rings is 1. The third kappa shape index (κ3) is 8.83. The lowest BCUT2D eigenvalue weighted by molar-refractivity contribution is -0.120. The van der Waals surface area contributed by atoms with Gasteiger partial charge in [0.05, 0.1) is 24.4 Å². The fraction of sp³-hybridized carbons (Fsp3) is 0.458. The first-order valence-electron chi connectivity index (χ1n) is 10.8. The van der Waals surface area contributed by atoms with Crippen LogP contribution in [0.2, 0.25) is 0 Å². The van der Waals surface area contributed by atoms with E-state index in [1.165, 1.54) is 0 Å². The van der Waals surface area contributed by atoms with Gasteiger partial charge in [-0.2, -0.15) is 0 Å². The Hall–Kier alpha value is -3.29. The molecule has 1 atom stereocenters. The lowest BCUT2D eigenvalue weighted by Crippen LogP contribution is -2.34. The van der Waals surface area contributed by atoms with Gasteiger partial charge in [0.15, 0.2) is 0 Å². The van der Waals surface area contributed by atoms with Crippen molar-refractivity contribution in [3.05, 3.63) is 49.1 Å². The van der Waals surface area contributed by atoms with Gasteiger partial charge in [-0.25, -0.2) is 9.78 Å². The maximum Gasteiger partial charge on any atom is 0.413 e. The van der Waals surface area contributed by atoms with Gasteiger partial charge >= 0.3 is 6.09 Å². The van der Waals surface area contributed by atoms with Gasteiger partial charge in [0.1, 0.15) is 5.60 Å². The molecule has 2 aromatic rings. The first-order chi connectivity index (χ1) is 15.1. The molecule has 1 heterocycles. The predicted molar refractivity (Wildman–Crippen MR) is 125 cm³/mol. The van der Waals surface area contributed by atoms with Crippen LogP contribution in [0.4, 0.5) is 10.5 Å². The maximum absolute atomic E-state index is 11.9. The quantitative estimate of drug-likeness (QED) is 0.517. The van der Waals surface area contributed by atoms with Crippen molar-refractivity contribution in [3.8, 4) is 11.3 Å². The number of ether oxygens (including phenoxy) is 2. The summed E-state index contributed by atoms with van der Waals surface area (Å²) in [7, 11) is 0. The molecule has 8 nitrogen and oxygen atoms in total. The van der Waals surface area contributed by atoms with E-state index in [2.05, 4.69) is 22.2 Å². The second-order valence-corrected chi connectivity index (χ2v) is 8.60. The highest BCUT2D eigenvalue weighted by Gasteiger charge is 2.14. The first-order valence-corrected chi connectivity index (χ1v) is 10.8. The standard InChI is InChI=1S/C24H34N4O4/c1-7-31-23(30)27-22(29)14-17(2)26-20-10-8-19(9-11-20)21-15-28(16-25-21)13-12-18(3)32-24(4,5)6/h8-11,15-17,26H,3,7,12-14H2,1-2,4-6H3,(H,27,29,30). The molecule has 1 aromatic heterocycles. The normalized spacial score (nSPS) is 12.0. The van der Waals surface area contributed by atoms with Crippen LogP contribution in [0.25, 0.3) is 11.3 Å². The zero-order valence-corrected chi connectivity index (χ0v) is 19.6. The van der Waals surface area contributed by atoms with Gasteiger partial charge in [0.25, 0.3) is 0 Å². The summed E-state index contributed by atoms with van der Waals surface area (Å²) < 4.78 is 12.5. The predicted octanol–water partition coefficient (Wildman–Crippen LogP) is 4.73. The summed E-state index contributed by atoms with van der Waals surface area (Å²) in [5, 5.41) is 5.45. The van der Waals surface area contributed by atoms with Crippen LogP contribution in [0, 0.1) is 0 Å². The van der Waals surface area contributed by atoms with E-state index in [1.807, 2.05) is 62.7 Å². The number of carbonyl (C=O) groups excluding carboxylic acids is 2. The molecular formula is C24H34N4O4. The summed E-state index contributed by atoms with van der Waals surface area (Å²) in [6.07, 6.45) is 3.94. The van der Waals surface area contributed by atoms with Crippen molar-refractivity contribution in [2.24, 2.45) is 0 Å². The lowest BCUT2D eigenvalue weighted by atomic mass is 10.1. The van der Waals surface area contributed by atoms with E-state index in [9.17, 15) is 9.59 Å². The number of imidazole rings is 1. The smallest absolute Gasteiger partial charge is 0.413 e. The summed E-state index contributed by atoms with van der Waals surface area (Å²) in [6.45, 7) is 14.5. The van der Waals surface area contributed by atoms with Crippen molar-refractivity contribution in [2.45, 2.75) is 65.6 Å². The molecule has 1 unspecified atom stereocenters. The Labute approximate surface area is 190 Å². The molecule has 1 aromatic carbocycles. The second-order valence-electron chi connectivity index (χ2n) is 8.60. The summed E-state index contributed by atoms with van der Waals surface area (Å²) >= 11 is 0. The number of hydrogen-bond acceptors (Lipinski definition) is 6. The summed E-state index contributed by atoms with van der Waals surface area (Å²) in [5.41, 5.74) is 2.50. The average molecular weight is 443 g/mol. The van der Waals surface area contributed by atoms with Crippen molar-refractivity contribution in [3.63, 3.8) is 0 Å². The summed E-state index contributed by atoms with van der Waals surface area (Å²) in [4.78, 5) is 27.6. The van der Waals surface area contributed by atoms with Crippen LogP contribution in [-0.4, -0.2) is 39.8 Å². The molecule has 0 aliphatic heterocycles. The number of nitrogens with zero attached hydrogens (tertiary/aromatic N) is 2. The number of amides is 2. The van der Waals surface area contributed by atoms with E-state index in [-0.39, 0.29) is 30.6 Å². The Bertz CT molecular complexity index is 913. The molecule has 2 N–H and O–H groups in total. The lowest BCUT2D eigenvalue weighted by Gasteiger charge is -2.22. The SMILES string of the molecule is C=C(CCn1cnc(-c2ccc(NC(C)CC(=O)NC(=O)OCC)cc2)c1)OC(C)(C)C. The number of aromatic nitrogens is 2. The molecule has 0 spiro atoms. The van der Waals surface area contributed by atoms with Crippen LogP contribution in [0.5, 0.6) is 0 Å². The number of anilines is 1. The number of hydrogen-bond donors (Lipinski definition) is 2. The Morgan fingerprint density at radius 2 is 1.91 bits per heavy atom. The fourth-order valence-electron chi connectivity index (χ4n) is 3.05. The van der Waals surface area contributed by atoms with Crippen molar-refractivity contribution in [1.29, 1.82) is 0 Å². The molecule has 0 aliphatic rings. The highest BCUT2D eigenvalue weighted by molar-refractivity contribution is 5.92. The summed E-state index contributed by atoms with van der Waals surface area (Å²) in [5.74, 6) is 0.370. The molecule has 32 heavy (non-hydrogen) atoms. The molecule has 174 valence electrons. The van der Waals surface area contributed by atoms with Crippen LogP contribution in [0.15, 0.2) is 49.1 Å². The fourth-order valence-corrected chi connectivity index (χ4v) is 3.05. The molecule has 0 radical (unpaired) electrons. The molecule has 0 bridgehead atoms. The van der Waals surface area contributed by atoms with E-state index < -0.39 is 6.09 Å². The molecule has 0 saturated carbocycles. The van der Waals surface area contributed by atoms with E-state index in [1.54, 1.807) is 13.3 Å². The van der Waals surface area contributed by atoms with Gasteiger partial charge in [0.2, 0.25) is 5.91 Å². The van der Waals surface area contributed by atoms with Crippen LogP contribution >= 0.6 is 0 Å². The number of carbonyl (C=O) groups is 2. The molecular weight excluding hydrogens is 408 g/mol. The van der Waals surface area contributed by atoms with Crippen molar-refractivity contribution in [2.75, 3.05) is 11.9 Å². The number of imide groups is 1. The van der Waals surface area contributed by atoms with Gasteiger partial charge in [0, 0.05) is 42.9 Å². The van der Waals surface area contributed by atoms with E-state index in [4.69, 9.17) is 9.47 Å². The number of aryl methyl sites for hydroxylation is 1. The van der Waals surface area contributed by atoms with Crippen LogP contribution in [0.1, 0.15) is 47.5 Å². The summed E-state index contributed by atoms with van der Waals surface area (Å²) in [6, 6.07) is 7.67. The number of nitrogens with one attached hydrogen (secondary N) is 2. The topological polar surface area (TPSA) is 94.5 Å². The Kier molecular flexibility index (Phi) is 8.87. The van der Waals surface area contributed by atoms with Crippen LogP contribution < -0.4 is 10.6 Å². The molecule has 0 aliphatic carbocycles. The Morgan fingerprint density at radius 3 is 2.53 bits per heavy atom. The Balaban J connectivity index is 1.85. The van der Waals surface area contributed by atoms with E-state index in [0.29, 0.717) is 0 Å². The highest BCUT2D eigenvalue weighted by atomic mass is 16.5. The first kappa shape index (κ1) is 25.0. The van der Waals surface area contributed by atoms with Gasteiger partial charge in [-0.15, -0.1) is 0 Å². The molecule has 0 fully saturated rings. The third-order valence-electron chi connectivity index (χ3n) is 4.33. The van der Waals surface area contributed by atoms with Crippen LogP contribution in [0.3, 0.4) is 0 Å². The maximum atomic E-state index is 11.9. The zero-order valence-electron chi connectivity index (χ0n) is 19.6. The third-order valence-corrected chi connectivity index (χ3v) is 4.33. The van der Waals surface area contributed by atoms with Gasteiger partial charge in [-0.1, -0.05) is 18.7 Å². The van der Waals surface area contributed by atoms with E-state index >= 15 is 0 Å². The second kappa shape index (κ2) is 11.4. The minimum Gasteiger partial charge on any atom is -0.493 e. The highest BCUT2D eigenvalue weighted by Crippen LogP contribution is 2.21. The van der Waals surface area contributed by atoms with Gasteiger partial charge in [-0.3, -0.25) is 10.1 Å². The largest absolute Gasteiger partial charge is 0.493 e. The van der Waals surface area contributed by atoms with Crippen LogP contribution in [-0.2, 0) is 20.8 Å². The molecule has 0 saturated heterocycles. The number of allylic oxidation sites excluding steroid dienone is 1. The molecule has 2 rings (SSSR count). The minimum absolute atomic E-state index is 0.148. The zero-order chi connectivity index (χ0) is 23.7. The Morgan fingerprint density at radius 1 is 1.22 bits per heavy atom. The van der Waals surface area contributed by atoms with Crippen molar-refractivity contribution < 1.29 is 19.1 Å². The molecule has 2 amide bonds. The molecule has 8 heteroatoms. The van der Waals surface area contributed by atoms with Crippen molar-refractivity contribution >= 4 is 17.7 Å². The number of alkyl carbamates (subject to hydrolysis) is 1. The minimum atomic E-state index is -0.723. The average Bonchev–Trinajstić information content (AvgIpc) is 3.14. The van der Waals surface area contributed by atoms with Gasteiger partial charge < -0.3 is 19.4 Å². The van der Waals surface area contributed by atoms with Gasteiger partial charge in [-0.05, 0) is 46.8 Å². The monoisotopic (exact) mass is 442 g/mol. The number of rotatable bonds is 10.